The zero-order valence-corrected chi connectivity index (χ0v) is 34.0. The fourth-order valence-corrected chi connectivity index (χ4v) is 11.3. The van der Waals surface area contributed by atoms with Crippen LogP contribution in [0, 0.1) is 5.92 Å². The molecule has 0 amide bonds. The van der Waals surface area contributed by atoms with Crippen LogP contribution in [0.2, 0.25) is 0 Å². The molecule has 18 heteroatoms. The third-order valence-corrected chi connectivity index (χ3v) is 14.6. The number of aromatic amines is 2. The number of thiazole rings is 2. The van der Waals surface area contributed by atoms with Crippen molar-refractivity contribution in [2.75, 3.05) is 62.7 Å². The van der Waals surface area contributed by atoms with Crippen LogP contribution in [-0.2, 0) is 0 Å². The van der Waals surface area contributed by atoms with E-state index in [1.54, 1.807) is 22.7 Å². The molecule has 296 valence electrons. The maximum absolute atomic E-state index is 5.43. The van der Waals surface area contributed by atoms with E-state index in [0.717, 1.165) is 110 Å². The highest BCUT2D eigenvalue weighted by Gasteiger charge is 2.38. The van der Waals surface area contributed by atoms with Gasteiger partial charge in [0, 0.05) is 103 Å². The van der Waals surface area contributed by atoms with E-state index < -0.39 is 0 Å². The summed E-state index contributed by atoms with van der Waals surface area (Å²) < 4.78 is 1.97. The predicted octanol–water partition coefficient (Wildman–Crippen LogP) is 5.87. The lowest BCUT2D eigenvalue weighted by Crippen LogP contribution is -2.53. The third-order valence-electron chi connectivity index (χ3n) is 12.6. The molecule has 0 bridgehead atoms. The Morgan fingerprint density at radius 3 is 2.17 bits per heavy atom. The average molecular weight is 821 g/mol. The lowest BCUT2D eigenvalue weighted by atomic mass is 9.97. The Hall–Kier alpha value is -5.82. The Kier molecular flexibility index (Phi) is 8.45. The number of fused-ring (bicyclic) bond motifs is 3. The van der Waals surface area contributed by atoms with Crippen LogP contribution in [-0.4, -0.2) is 135 Å². The minimum atomic E-state index is 0.536. The summed E-state index contributed by atoms with van der Waals surface area (Å²) in [5.74, 6) is 2.13. The van der Waals surface area contributed by atoms with Crippen LogP contribution in [0.1, 0.15) is 25.7 Å². The molecule has 8 aromatic rings. The number of aromatic nitrogens is 12. The van der Waals surface area contributed by atoms with Crippen molar-refractivity contribution < 1.29 is 0 Å². The van der Waals surface area contributed by atoms with Crippen molar-refractivity contribution in [3.63, 3.8) is 0 Å². The summed E-state index contributed by atoms with van der Waals surface area (Å²) in [6.45, 7) is 6.88. The molecular formula is C41H40N16S2. The smallest absolute Gasteiger partial charge is 0.245 e. The molecular weight excluding hydrogens is 781 g/mol. The standard InChI is InChI=1S/C41H40N16S2/c1-54-9-10-57(21-33(54)23-4-5-23)41-42-18-31(50-53-41)28-7-6-27(24-14-45-46-15-24)35-38(28)59-39(49-35)30-13-29(37-36(44-22-58-37)34(30)25-16-47-48-17-25)32-19-43-40(52-51-32)56-12-11-55-8-2-3-26(55)20-56/h6-7,13-19,22-23,26,33H,2-5,8-12,20-21H2,1H3,(H,45,46)(H,47,48). The zero-order valence-electron chi connectivity index (χ0n) is 32.4. The first-order chi connectivity index (χ1) is 29.1. The van der Waals surface area contributed by atoms with E-state index in [2.05, 4.69) is 65.2 Å². The van der Waals surface area contributed by atoms with Gasteiger partial charge in [-0.25, -0.2) is 19.9 Å². The minimum Gasteiger partial charge on any atom is -0.337 e. The highest BCUT2D eigenvalue weighted by Crippen LogP contribution is 2.47. The summed E-state index contributed by atoms with van der Waals surface area (Å²) >= 11 is 3.19. The van der Waals surface area contributed by atoms with Gasteiger partial charge in [-0.15, -0.1) is 43.1 Å². The van der Waals surface area contributed by atoms with Crippen molar-refractivity contribution >= 4 is 55.0 Å². The first-order valence-corrected chi connectivity index (χ1v) is 22.0. The highest BCUT2D eigenvalue weighted by molar-refractivity contribution is 7.22. The molecule has 2 N–H and O–H groups in total. The molecule has 3 aliphatic heterocycles. The molecule has 4 fully saturated rings. The molecule has 6 aromatic heterocycles. The zero-order chi connectivity index (χ0) is 39.0. The van der Waals surface area contributed by atoms with Gasteiger partial charge >= 0.3 is 0 Å². The Morgan fingerprint density at radius 2 is 1.42 bits per heavy atom. The molecule has 2 atom stereocenters. The number of benzene rings is 2. The number of hydrogen-bond acceptors (Lipinski definition) is 16. The molecule has 4 aliphatic rings. The SMILES string of the molecule is CN1CCN(c2ncc(-c3ccc(-c4cn[nH]c4)c4nc(-c5cc(-c6cnc(N7CCN8CCCC8C7)nn6)c6scnc6c5-c5cn[nH]c5)sc34)nn2)CC1C1CC1. The number of H-pyrrole nitrogens is 2. The monoisotopic (exact) mass is 820 g/mol. The molecule has 9 heterocycles. The van der Waals surface area contributed by atoms with Crippen molar-refractivity contribution in [3.05, 3.63) is 60.9 Å². The average Bonchev–Trinajstić information content (AvgIpc) is 3.94. The fraction of sp³-hybridized carbons (Fsp3) is 0.366. The number of nitrogens with zero attached hydrogens (tertiary/aromatic N) is 14. The second kappa shape index (κ2) is 14.2. The first-order valence-electron chi connectivity index (χ1n) is 20.3. The largest absolute Gasteiger partial charge is 0.337 e. The number of anilines is 2. The van der Waals surface area contributed by atoms with Crippen LogP contribution in [0.3, 0.4) is 0 Å². The van der Waals surface area contributed by atoms with E-state index in [-0.39, 0.29) is 0 Å². The van der Waals surface area contributed by atoms with Crippen molar-refractivity contribution in [1.29, 1.82) is 0 Å². The number of nitrogens with one attached hydrogen (secondary N) is 2. The van der Waals surface area contributed by atoms with Crippen molar-refractivity contribution in [2.24, 2.45) is 5.92 Å². The molecule has 0 spiro atoms. The van der Waals surface area contributed by atoms with E-state index >= 15 is 0 Å². The van der Waals surface area contributed by atoms with Crippen molar-refractivity contribution in [3.8, 4) is 55.3 Å². The molecule has 0 radical (unpaired) electrons. The van der Waals surface area contributed by atoms with Gasteiger partial charge in [0.05, 0.1) is 50.7 Å². The van der Waals surface area contributed by atoms with E-state index in [9.17, 15) is 0 Å². The Balaban J connectivity index is 0.963. The maximum Gasteiger partial charge on any atom is 0.245 e. The Bertz CT molecular complexity index is 2780. The normalized spacial score (nSPS) is 20.3. The van der Waals surface area contributed by atoms with Crippen molar-refractivity contribution in [1.82, 2.24) is 70.5 Å². The number of rotatable bonds is 8. The molecule has 2 aromatic carbocycles. The number of hydrogen-bond donors (Lipinski definition) is 2. The fourth-order valence-electron chi connectivity index (χ4n) is 9.34. The van der Waals surface area contributed by atoms with Crippen LogP contribution in [0.25, 0.3) is 75.8 Å². The molecule has 16 nitrogen and oxygen atoms in total. The summed E-state index contributed by atoms with van der Waals surface area (Å²) in [6, 6.07) is 7.45. The van der Waals surface area contributed by atoms with Gasteiger partial charge in [-0.1, -0.05) is 12.1 Å². The third kappa shape index (κ3) is 6.15. The minimum absolute atomic E-state index is 0.536. The summed E-state index contributed by atoms with van der Waals surface area (Å²) in [4.78, 5) is 29.8. The molecule has 2 unspecified atom stereocenters. The van der Waals surface area contributed by atoms with Gasteiger partial charge in [0.1, 0.15) is 16.4 Å². The quantitative estimate of drug-likeness (QED) is 0.186. The van der Waals surface area contributed by atoms with Gasteiger partial charge in [0.25, 0.3) is 0 Å². The van der Waals surface area contributed by atoms with Gasteiger partial charge in [-0.2, -0.15) is 10.2 Å². The second-order valence-corrected chi connectivity index (χ2v) is 18.0. The molecule has 1 aliphatic carbocycles. The maximum atomic E-state index is 5.43. The van der Waals surface area contributed by atoms with Crippen LogP contribution in [0.5, 0.6) is 0 Å². The van der Waals surface area contributed by atoms with Crippen molar-refractivity contribution in [2.45, 2.75) is 37.8 Å². The molecule has 12 rings (SSSR count). The Labute approximate surface area is 346 Å². The summed E-state index contributed by atoms with van der Waals surface area (Å²) in [5.41, 5.74) is 11.5. The van der Waals surface area contributed by atoms with E-state index in [1.165, 1.54) is 32.2 Å². The summed E-state index contributed by atoms with van der Waals surface area (Å²) in [7, 11) is 2.23. The van der Waals surface area contributed by atoms with Gasteiger partial charge in [0.2, 0.25) is 11.9 Å². The van der Waals surface area contributed by atoms with Crippen LogP contribution in [0.4, 0.5) is 11.9 Å². The second-order valence-electron chi connectivity index (χ2n) is 16.1. The highest BCUT2D eigenvalue weighted by atomic mass is 32.1. The number of piperazine rings is 2. The van der Waals surface area contributed by atoms with E-state index in [0.29, 0.717) is 35.4 Å². The predicted molar refractivity (Wildman–Crippen MR) is 229 cm³/mol. The molecule has 59 heavy (non-hydrogen) atoms. The van der Waals surface area contributed by atoms with Crippen LogP contribution >= 0.6 is 22.7 Å². The van der Waals surface area contributed by atoms with Gasteiger partial charge < -0.3 is 9.80 Å². The topological polar surface area (TPSA) is 173 Å². The molecule has 1 saturated carbocycles. The van der Waals surface area contributed by atoms with Gasteiger partial charge in [0.15, 0.2) is 0 Å². The van der Waals surface area contributed by atoms with Crippen LogP contribution in [0.15, 0.2) is 60.9 Å². The summed E-state index contributed by atoms with van der Waals surface area (Å²) in [6.07, 6.45) is 16.3. The molecule has 3 saturated heterocycles. The first kappa shape index (κ1) is 35.2. The lowest BCUT2D eigenvalue weighted by Gasteiger charge is -2.39. The van der Waals surface area contributed by atoms with Gasteiger partial charge in [-0.3, -0.25) is 20.0 Å². The van der Waals surface area contributed by atoms with E-state index in [1.807, 2.05) is 42.7 Å². The van der Waals surface area contributed by atoms with E-state index in [4.69, 9.17) is 40.3 Å². The Morgan fingerprint density at radius 1 is 0.678 bits per heavy atom. The lowest BCUT2D eigenvalue weighted by molar-refractivity contribution is 0.196. The summed E-state index contributed by atoms with van der Waals surface area (Å²) in [5, 5.41) is 34.4. The van der Waals surface area contributed by atoms with Gasteiger partial charge in [-0.05, 0) is 51.3 Å². The van der Waals surface area contributed by atoms with Crippen LogP contribution < -0.4 is 9.80 Å². The number of likely N-dealkylation sites (N-methyl/N-ethyl adjacent to an activating group) is 1.